The third-order valence-electron chi connectivity index (χ3n) is 3.54. The molecule has 2 aromatic carbocycles. The van der Waals surface area contributed by atoms with Gasteiger partial charge in [-0.3, -0.25) is 10.1 Å². The lowest BCUT2D eigenvalue weighted by Gasteiger charge is -2.04. The van der Waals surface area contributed by atoms with Gasteiger partial charge in [-0.25, -0.2) is 0 Å². The van der Waals surface area contributed by atoms with Gasteiger partial charge in [0.25, 0.3) is 0 Å². The molecule has 0 unspecified atom stereocenters. The average Bonchev–Trinajstić information content (AvgIpc) is 3.05. The Morgan fingerprint density at radius 1 is 1.16 bits per heavy atom. The number of aromatic nitrogens is 2. The van der Waals surface area contributed by atoms with Crippen molar-refractivity contribution in [3.05, 3.63) is 59.7 Å². The predicted molar refractivity (Wildman–Crippen MR) is 94.4 cm³/mol. The molecule has 128 valence electrons. The van der Waals surface area contributed by atoms with Crippen molar-refractivity contribution < 1.29 is 13.9 Å². The van der Waals surface area contributed by atoms with Crippen LogP contribution in [-0.2, 0) is 11.2 Å². The van der Waals surface area contributed by atoms with Crippen LogP contribution in [0.5, 0.6) is 5.75 Å². The molecular weight excluding hydrogens is 318 g/mol. The molecule has 6 nitrogen and oxygen atoms in total. The van der Waals surface area contributed by atoms with Crippen LogP contribution in [-0.4, -0.2) is 22.7 Å². The van der Waals surface area contributed by atoms with E-state index in [1.807, 2.05) is 62.4 Å². The molecule has 0 aliphatic carbocycles. The number of aryl methyl sites for hydroxylation is 1. The van der Waals surface area contributed by atoms with Crippen molar-refractivity contribution in [2.24, 2.45) is 0 Å². The molecule has 0 aliphatic rings. The number of hydrogen-bond acceptors (Lipinski definition) is 5. The molecule has 0 saturated carbocycles. The lowest BCUT2D eigenvalue weighted by Crippen LogP contribution is -2.14. The van der Waals surface area contributed by atoms with E-state index in [1.54, 1.807) is 0 Å². The maximum absolute atomic E-state index is 12.1. The molecular formula is C19H19N3O3. The molecule has 1 N–H and O–H groups in total. The fourth-order valence-electron chi connectivity index (χ4n) is 2.39. The Morgan fingerprint density at radius 3 is 2.68 bits per heavy atom. The molecule has 0 atom stereocenters. The van der Waals surface area contributed by atoms with Crippen LogP contribution < -0.4 is 10.1 Å². The van der Waals surface area contributed by atoms with E-state index in [-0.39, 0.29) is 18.3 Å². The van der Waals surface area contributed by atoms with Crippen molar-refractivity contribution in [3.63, 3.8) is 0 Å². The van der Waals surface area contributed by atoms with Gasteiger partial charge in [0.2, 0.25) is 11.8 Å². The highest BCUT2D eigenvalue weighted by Crippen LogP contribution is 2.21. The fourth-order valence-corrected chi connectivity index (χ4v) is 2.39. The smallest absolute Gasteiger partial charge is 0.322 e. The average molecular weight is 337 g/mol. The van der Waals surface area contributed by atoms with Crippen LogP contribution in [0, 0.1) is 6.92 Å². The van der Waals surface area contributed by atoms with Gasteiger partial charge >= 0.3 is 6.01 Å². The molecule has 0 radical (unpaired) electrons. The zero-order valence-electron chi connectivity index (χ0n) is 14.2. The number of amides is 1. The van der Waals surface area contributed by atoms with Gasteiger partial charge in [-0.2, -0.15) is 0 Å². The summed E-state index contributed by atoms with van der Waals surface area (Å²) in [5.74, 6) is 0.940. The highest BCUT2D eigenvalue weighted by molar-refractivity contribution is 5.90. The Labute approximate surface area is 145 Å². The Kier molecular flexibility index (Phi) is 5.09. The molecule has 0 saturated heterocycles. The van der Waals surface area contributed by atoms with E-state index in [2.05, 4.69) is 15.5 Å². The van der Waals surface area contributed by atoms with Crippen molar-refractivity contribution in [3.8, 4) is 17.2 Å². The van der Waals surface area contributed by atoms with Crippen molar-refractivity contribution in [1.82, 2.24) is 10.2 Å². The van der Waals surface area contributed by atoms with Gasteiger partial charge in [-0.15, -0.1) is 5.10 Å². The molecule has 0 spiro atoms. The number of nitrogens with one attached hydrogen (secondary N) is 1. The normalized spacial score (nSPS) is 10.5. The minimum absolute atomic E-state index is 0.0902. The van der Waals surface area contributed by atoms with Gasteiger partial charge < -0.3 is 9.15 Å². The summed E-state index contributed by atoms with van der Waals surface area (Å²) >= 11 is 0. The Bertz CT molecular complexity index is 856. The number of ether oxygens (including phenoxy) is 1. The first kappa shape index (κ1) is 16.7. The van der Waals surface area contributed by atoms with Crippen LogP contribution >= 0.6 is 0 Å². The summed E-state index contributed by atoms with van der Waals surface area (Å²) in [4.78, 5) is 12.1. The number of carbonyl (C=O) groups is 1. The quantitative estimate of drug-likeness (QED) is 0.743. The minimum Gasteiger partial charge on any atom is -0.494 e. The molecule has 0 aliphatic heterocycles. The molecule has 3 aromatic rings. The van der Waals surface area contributed by atoms with Gasteiger partial charge in [-0.05, 0) is 43.7 Å². The first-order valence-corrected chi connectivity index (χ1v) is 8.06. The first-order valence-electron chi connectivity index (χ1n) is 8.06. The molecule has 6 heteroatoms. The van der Waals surface area contributed by atoms with Crippen LogP contribution in [0.2, 0.25) is 0 Å². The van der Waals surface area contributed by atoms with Crippen molar-refractivity contribution in [1.29, 1.82) is 0 Å². The maximum Gasteiger partial charge on any atom is 0.322 e. The lowest BCUT2D eigenvalue weighted by molar-refractivity contribution is -0.115. The van der Waals surface area contributed by atoms with Gasteiger partial charge in [0.05, 0.1) is 13.0 Å². The van der Waals surface area contributed by atoms with Crippen LogP contribution in [0.3, 0.4) is 0 Å². The predicted octanol–water partition coefficient (Wildman–Crippen LogP) is 3.62. The largest absolute Gasteiger partial charge is 0.494 e. The summed E-state index contributed by atoms with van der Waals surface area (Å²) in [7, 11) is 0. The second kappa shape index (κ2) is 7.61. The molecule has 1 aromatic heterocycles. The van der Waals surface area contributed by atoms with Gasteiger partial charge in [0, 0.05) is 5.56 Å². The highest BCUT2D eigenvalue weighted by atomic mass is 16.5. The molecule has 25 heavy (non-hydrogen) atoms. The van der Waals surface area contributed by atoms with Gasteiger partial charge in [-0.1, -0.05) is 34.9 Å². The monoisotopic (exact) mass is 337 g/mol. The van der Waals surface area contributed by atoms with Crippen molar-refractivity contribution in [2.45, 2.75) is 20.3 Å². The van der Waals surface area contributed by atoms with Crippen LogP contribution in [0.15, 0.2) is 52.9 Å². The summed E-state index contributed by atoms with van der Waals surface area (Å²) in [5.41, 5.74) is 2.79. The van der Waals surface area contributed by atoms with E-state index in [1.165, 1.54) is 0 Å². The van der Waals surface area contributed by atoms with Crippen molar-refractivity contribution >= 4 is 11.9 Å². The Hall–Kier alpha value is -3.15. The lowest BCUT2D eigenvalue weighted by atomic mass is 10.1. The fraction of sp³-hybridized carbons (Fsp3) is 0.211. The van der Waals surface area contributed by atoms with E-state index in [4.69, 9.17) is 9.15 Å². The molecule has 0 fully saturated rings. The molecule has 3 rings (SSSR count). The summed E-state index contributed by atoms with van der Waals surface area (Å²) in [6.07, 6.45) is 0.217. The van der Waals surface area contributed by atoms with Crippen LogP contribution in [0.4, 0.5) is 6.01 Å². The third-order valence-corrected chi connectivity index (χ3v) is 3.54. The van der Waals surface area contributed by atoms with Crippen LogP contribution in [0.25, 0.3) is 11.5 Å². The summed E-state index contributed by atoms with van der Waals surface area (Å²) in [5, 5.41) is 10.5. The number of rotatable bonds is 6. The topological polar surface area (TPSA) is 77.2 Å². The maximum atomic E-state index is 12.1. The van der Waals surface area contributed by atoms with Gasteiger partial charge in [0.1, 0.15) is 5.75 Å². The van der Waals surface area contributed by atoms with E-state index < -0.39 is 0 Å². The molecule has 1 heterocycles. The number of carbonyl (C=O) groups excluding carboxylic acids is 1. The number of benzene rings is 2. The summed E-state index contributed by atoms with van der Waals surface area (Å²) in [6, 6.07) is 15.2. The second-order valence-electron chi connectivity index (χ2n) is 5.58. The second-order valence-corrected chi connectivity index (χ2v) is 5.58. The van der Waals surface area contributed by atoms with E-state index in [0.29, 0.717) is 12.5 Å². The molecule has 1 amide bonds. The standard InChI is InChI=1S/C19H19N3O3/c1-3-24-16-9-7-14(8-10-16)12-17(23)20-19-22-21-18(25-19)15-6-4-5-13(2)11-15/h4-11H,3,12H2,1-2H3,(H,20,22,23). The van der Waals surface area contributed by atoms with Crippen molar-refractivity contribution in [2.75, 3.05) is 11.9 Å². The minimum atomic E-state index is -0.219. The van der Waals surface area contributed by atoms with E-state index in [9.17, 15) is 4.79 Å². The summed E-state index contributed by atoms with van der Waals surface area (Å²) in [6.45, 7) is 4.52. The van der Waals surface area contributed by atoms with Gasteiger partial charge in [0.15, 0.2) is 0 Å². The Balaban J connectivity index is 1.61. The number of hydrogen-bond donors (Lipinski definition) is 1. The Morgan fingerprint density at radius 2 is 1.96 bits per heavy atom. The number of nitrogens with zero attached hydrogens (tertiary/aromatic N) is 2. The van der Waals surface area contributed by atoms with Crippen LogP contribution in [0.1, 0.15) is 18.1 Å². The summed E-state index contributed by atoms with van der Waals surface area (Å²) < 4.78 is 10.9. The van der Waals surface area contributed by atoms with E-state index >= 15 is 0 Å². The van der Waals surface area contributed by atoms with E-state index in [0.717, 1.165) is 22.4 Å². The first-order chi connectivity index (χ1) is 12.1. The zero-order chi connectivity index (χ0) is 17.6. The molecule has 0 bridgehead atoms. The third kappa shape index (κ3) is 4.44. The zero-order valence-corrected chi connectivity index (χ0v) is 14.2. The highest BCUT2D eigenvalue weighted by Gasteiger charge is 2.12. The SMILES string of the molecule is CCOc1ccc(CC(=O)Nc2nnc(-c3cccc(C)c3)o2)cc1. The number of anilines is 1.